The van der Waals surface area contributed by atoms with Crippen LogP contribution in [0.25, 0.3) is 0 Å². The summed E-state index contributed by atoms with van der Waals surface area (Å²) in [5.74, 6) is 0.163. The van der Waals surface area contributed by atoms with Gasteiger partial charge < -0.3 is 20.1 Å². The minimum absolute atomic E-state index is 0.298. The summed E-state index contributed by atoms with van der Waals surface area (Å²) in [6, 6.07) is 0. The molecular weight excluding hydrogens is 244 g/mol. The lowest BCUT2D eigenvalue weighted by molar-refractivity contribution is -0.147. The first-order chi connectivity index (χ1) is 9.12. The maximum Gasteiger partial charge on any atom is 0.325 e. The molecule has 2 atom stereocenters. The Labute approximate surface area is 115 Å². The largest absolute Gasteiger partial charge is 0.480 e. The highest BCUT2D eigenvalue weighted by molar-refractivity contribution is 5.80. The van der Waals surface area contributed by atoms with Gasteiger partial charge >= 0.3 is 5.97 Å². The molecule has 1 aliphatic heterocycles. The average molecular weight is 270 g/mol. The molecule has 110 valence electrons. The van der Waals surface area contributed by atoms with Crippen LogP contribution in [0.3, 0.4) is 0 Å². The van der Waals surface area contributed by atoms with Crippen molar-refractivity contribution in [3.63, 3.8) is 0 Å². The average Bonchev–Trinajstić information content (AvgIpc) is 3.12. The van der Waals surface area contributed by atoms with Crippen LogP contribution in [0.2, 0.25) is 0 Å². The first-order valence-corrected chi connectivity index (χ1v) is 7.32. The van der Waals surface area contributed by atoms with Crippen LogP contribution in [0.4, 0.5) is 0 Å². The SMILES string of the molecule is CCNC(CN1CCC(COC)C1)(C(=O)O)C1CC1. The molecule has 0 bridgehead atoms. The first-order valence-electron chi connectivity index (χ1n) is 7.32. The van der Waals surface area contributed by atoms with Crippen molar-refractivity contribution in [3.05, 3.63) is 0 Å². The molecule has 1 saturated heterocycles. The Morgan fingerprint density at radius 2 is 2.21 bits per heavy atom. The molecule has 0 radical (unpaired) electrons. The van der Waals surface area contributed by atoms with Crippen LogP contribution in [0, 0.1) is 11.8 Å². The van der Waals surface area contributed by atoms with E-state index in [1.807, 2.05) is 6.92 Å². The summed E-state index contributed by atoms with van der Waals surface area (Å²) < 4.78 is 5.20. The Morgan fingerprint density at radius 1 is 1.47 bits per heavy atom. The van der Waals surface area contributed by atoms with Gasteiger partial charge in [0.15, 0.2) is 0 Å². The van der Waals surface area contributed by atoms with E-state index in [0.29, 0.717) is 24.9 Å². The molecule has 0 aromatic heterocycles. The van der Waals surface area contributed by atoms with E-state index in [-0.39, 0.29) is 0 Å². The number of likely N-dealkylation sites (N-methyl/N-ethyl adjacent to an activating group) is 1. The predicted molar refractivity (Wildman–Crippen MR) is 73.2 cm³/mol. The number of hydrogen-bond donors (Lipinski definition) is 2. The monoisotopic (exact) mass is 270 g/mol. The van der Waals surface area contributed by atoms with Crippen molar-refractivity contribution in [1.29, 1.82) is 0 Å². The van der Waals surface area contributed by atoms with Crippen molar-refractivity contribution < 1.29 is 14.6 Å². The van der Waals surface area contributed by atoms with Crippen molar-refractivity contribution in [2.45, 2.75) is 31.7 Å². The van der Waals surface area contributed by atoms with Gasteiger partial charge in [0.1, 0.15) is 5.54 Å². The van der Waals surface area contributed by atoms with Crippen LogP contribution in [0.15, 0.2) is 0 Å². The zero-order valence-electron chi connectivity index (χ0n) is 12.0. The number of rotatable bonds is 8. The molecule has 19 heavy (non-hydrogen) atoms. The van der Waals surface area contributed by atoms with Gasteiger partial charge in [0, 0.05) is 20.2 Å². The van der Waals surface area contributed by atoms with Gasteiger partial charge in [0.2, 0.25) is 0 Å². The topological polar surface area (TPSA) is 61.8 Å². The molecule has 5 nitrogen and oxygen atoms in total. The van der Waals surface area contributed by atoms with E-state index in [2.05, 4.69) is 10.2 Å². The van der Waals surface area contributed by atoms with Crippen LogP contribution in [-0.2, 0) is 9.53 Å². The van der Waals surface area contributed by atoms with Gasteiger partial charge in [0.25, 0.3) is 0 Å². The number of carboxylic acid groups (broad SMARTS) is 1. The molecule has 1 heterocycles. The quantitative estimate of drug-likeness (QED) is 0.683. The van der Waals surface area contributed by atoms with Crippen molar-refractivity contribution in [2.24, 2.45) is 11.8 Å². The molecule has 2 aliphatic rings. The van der Waals surface area contributed by atoms with Gasteiger partial charge in [-0.15, -0.1) is 0 Å². The van der Waals surface area contributed by atoms with E-state index < -0.39 is 11.5 Å². The van der Waals surface area contributed by atoms with Crippen molar-refractivity contribution >= 4 is 5.97 Å². The summed E-state index contributed by atoms with van der Waals surface area (Å²) in [6.07, 6.45) is 3.18. The predicted octanol–water partition coefficient (Wildman–Crippen LogP) is 0.798. The van der Waals surface area contributed by atoms with Crippen molar-refractivity contribution in [3.8, 4) is 0 Å². The smallest absolute Gasteiger partial charge is 0.325 e. The zero-order valence-corrected chi connectivity index (χ0v) is 12.0. The number of nitrogens with zero attached hydrogens (tertiary/aromatic N) is 1. The van der Waals surface area contributed by atoms with Crippen molar-refractivity contribution in [1.82, 2.24) is 10.2 Å². The third-order valence-electron chi connectivity index (χ3n) is 4.39. The summed E-state index contributed by atoms with van der Waals surface area (Å²) in [7, 11) is 1.73. The highest BCUT2D eigenvalue weighted by Crippen LogP contribution is 2.41. The Balaban J connectivity index is 1.98. The fraction of sp³-hybridized carbons (Fsp3) is 0.929. The number of aliphatic carboxylic acids is 1. The van der Waals surface area contributed by atoms with Crippen molar-refractivity contribution in [2.75, 3.05) is 39.9 Å². The Hall–Kier alpha value is -0.650. The maximum atomic E-state index is 11.8. The Bertz CT molecular complexity index is 320. The summed E-state index contributed by atoms with van der Waals surface area (Å²) in [5, 5.41) is 12.9. The lowest BCUT2D eigenvalue weighted by Gasteiger charge is -2.34. The van der Waals surface area contributed by atoms with E-state index in [9.17, 15) is 9.90 Å². The van der Waals surface area contributed by atoms with Gasteiger partial charge in [0.05, 0.1) is 6.61 Å². The second kappa shape index (κ2) is 6.20. The number of carbonyl (C=O) groups is 1. The number of hydrogen-bond acceptors (Lipinski definition) is 4. The lowest BCUT2D eigenvalue weighted by atomic mass is 9.92. The third-order valence-corrected chi connectivity index (χ3v) is 4.39. The molecule has 2 fully saturated rings. The highest BCUT2D eigenvalue weighted by Gasteiger charge is 2.52. The number of likely N-dealkylation sites (tertiary alicyclic amines) is 1. The van der Waals surface area contributed by atoms with Crippen LogP contribution < -0.4 is 5.32 Å². The molecule has 2 N–H and O–H groups in total. The fourth-order valence-electron chi connectivity index (χ4n) is 3.32. The minimum atomic E-state index is -0.739. The van der Waals surface area contributed by atoms with E-state index in [1.54, 1.807) is 7.11 Å². The normalized spacial score (nSPS) is 27.4. The summed E-state index contributed by atoms with van der Waals surface area (Å²) >= 11 is 0. The molecule has 1 saturated carbocycles. The van der Waals surface area contributed by atoms with E-state index in [0.717, 1.165) is 39.0 Å². The maximum absolute atomic E-state index is 11.8. The van der Waals surface area contributed by atoms with Gasteiger partial charge in [-0.2, -0.15) is 0 Å². The van der Waals surface area contributed by atoms with E-state index >= 15 is 0 Å². The van der Waals surface area contributed by atoms with Gasteiger partial charge in [-0.1, -0.05) is 6.92 Å². The summed E-state index contributed by atoms with van der Waals surface area (Å²) in [5.41, 5.74) is -0.739. The molecule has 5 heteroatoms. The Kier molecular flexibility index (Phi) is 4.81. The van der Waals surface area contributed by atoms with Crippen LogP contribution in [-0.4, -0.2) is 61.4 Å². The molecule has 0 aromatic rings. The number of methoxy groups -OCH3 is 1. The third kappa shape index (κ3) is 3.27. The van der Waals surface area contributed by atoms with E-state index in [4.69, 9.17) is 4.74 Å². The molecule has 0 aromatic carbocycles. The Morgan fingerprint density at radius 3 is 2.74 bits per heavy atom. The minimum Gasteiger partial charge on any atom is -0.480 e. The molecule has 0 amide bonds. The number of nitrogens with one attached hydrogen (secondary N) is 1. The van der Waals surface area contributed by atoms with E-state index in [1.165, 1.54) is 0 Å². The first kappa shape index (κ1) is 14.8. The van der Waals surface area contributed by atoms with Crippen LogP contribution in [0.1, 0.15) is 26.2 Å². The highest BCUT2D eigenvalue weighted by atomic mass is 16.5. The molecule has 2 rings (SSSR count). The molecule has 0 spiro atoms. The standard InChI is InChI=1S/C14H26N2O3/c1-3-15-14(13(17)18,12-4-5-12)10-16-7-6-11(8-16)9-19-2/h11-12,15H,3-10H2,1-2H3,(H,17,18). The van der Waals surface area contributed by atoms with Gasteiger partial charge in [-0.3, -0.25) is 4.79 Å². The second-order valence-electron chi connectivity index (χ2n) is 5.93. The molecule has 1 aliphatic carbocycles. The summed E-state index contributed by atoms with van der Waals surface area (Å²) in [4.78, 5) is 14.1. The summed E-state index contributed by atoms with van der Waals surface area (Å²) in [6.45, 7) is 6.04. The number of carboxylic acids is 1. The second-order valence-corrected chi connectivity index (χ2v) is 5.93. The number of ether oxygens (including phenoxy) is 1. The molecular formula is C14H26N2O3. The molecule has 2 unspecified atom stereocenters. The zero-order chi connectivity index (χ0) is 13.9. The van der Waals surface area contributed by atoms with Gasteiger partial charge in [-0.05, 0) is 44.2 Å². The lowest BCUT2D eigenvalue weighted by Crippen LogP contribution is -2.60. The van der Waals surface area contributed by atoms with Crippen LogP contribution in [0.5, 0.6) is 0 Å². The van der Waals surface area contributed by atoms with Crippen LogP contribution >= 0.6 is 0 Å². The fourth-order valence-corrected chi connectivity index (χ4v) is 3.32. The van der Waals surface area contributed by atoms with Gasteiger partial charge in [-0.25, -0.2) is 0 Å².